The molecule has 0 bridgehead atoms. The second-order valence-electron chi connectivity index (χ2n) is 3.05. The molecular formula is C9H7BrN4O2. The van der Waals surface area contributed by atoms with Crippen LogP contribution in [0, 0.1) is 0 Å². The number of nitrogens with zero attached hydrogens (tertiary/aromatic N) is 3. The van der Waals surface area contributed by atoms with Gasteiger partial charge in [-0.05, 0) is 22.0 Å². The van der Waals surface area contributed by atoms with Crippen LogP contribution < -0.4 is 5.73 Å². The molecule has 3 N–H and O–H groups in total. The number of nitrogen functional groups attached to an aromatic ring is 1. The summed E-state index contributed by atoms with van der Waals surface area (Å²) in [6.45, 7) is 0. The van der Waals surface area contributed by atoms with Crippen LogP contribution in [-0.2, 0) is 0 Å². The lowest BCUT2D eigenvalue weighted by atomic mass is 10.2. The second-order valence-corrected chi connectivity index (χ2v) is 3.96. The summed E-state index contributed by atoms with van der Waals surface area (Å²) in [6.07, 6.45) is 4.55. The minimum Gasteiger partial charge on any atom is -0.478 e. The lowest BCUT2D eigenvalue weighted by Gasteiger charge is -2.05. The molecule has 0 radical (unpaired) electrons. The zero-order valence-corrected chi connectivity index (χ0v) is 9.55. The summed E-state index contributed by atoms with van der Waals surface area (Å²) in [6, 6.07) is 1.35. The molecule has 0 aliphatic heterocycles. The summed E-state index contributed by atoms with van der Waals surface area (Å²) < 4.78 is 2.11. The van der Waals surface area contributed by atoms with E-state index in [1.54, 1.807) is 12.4 Å². The van der Waals surface area contributed by atoms with E-state index in [0.29, 0.717) is 5.69 Å². The van der Waals surface area contributed by atoms with Crippen LogP contribution >= 0.6 is 15.9 Å². The third kappa shape index (κ3) is 1.89. The van der Waals surface area contributed by atoms with Crippen molar-refractivity contribution in [2.75, 3.05) is 5.73 Å². The van der Waals surface area contributed by atoms with Crippen LogP contribution in [0.3, 0.4) is 0 Å². The lowest BCUT2D eigenvalue weighted by Crippen LogP contribution is -2.09. The van der Waals surface area contributed by atoms with Gasteiger partial charge in [0.15, 0.2) is 5.82 Å². The van der Waals surface area contributed by atoms with Crippen LogP contribution in [0.2, 0.25) is 0 Å². The molecule has 0 spiro atoms. The minimum absolute atomic E-state index is 0.00981. The van der Waals surface area contributed by atoms with Gasteiger partial charge >= 0.3 is 5.97 Å². The highest BCUT2D eigenvalue weighted by Gasteiger charge is 2.14. The largest absolute Gasteiger partial charge is 0.478 e. The predicted octanol–water partition coefficient (Wildman–Crippen LogP) is 1.31. The number of hydrogen-bond donors (Lipinski definition) is 2. The Balaban J connectivity index is 2.60. The third-order valence-electron chi connectivity index (χ3n) is 1.89. The Hall–Kier alpha value is -1.89. The molecule has 7 heteroatoms. The highest BCUT2D eigenvalue weighted by atomic mass is 79.9. The molecule has 0 saturated heterocycles. The van der Waals surface area contributed by atoms with Crippen LogP contribution in [0.15, 0.2) is 29.1 Å². The first-order valence-corrected chi connectivity index (χ1v) is 5.06. The molecule has 0 fully saturated rings. The quantitative estimate of drug-likeness (QED) is 0.866. The number of rotatable bonds is 2. The van der Waals surface area contributed by atoms with Gasteiger partial charge in [0.1, 0.15) is 5.56 Å². The molecule has 2 aromatic rings. The summed E-state index contributed by atoms with van der Waals surface area (Å²) >= 11 is 3.22. The highest BCUT2D eigenvalue weighted by molar-refractivity contribution is 9.10. The first kappa shape index (κ1) is 10.6. The number of aromatic nitrogens is 3. The molecule has 0 saturated carbocycles. The summed E-state index contributed by atoms with van der Waals surface area (Å²) in [5.41, 5.74) is 5.79. The predicted molar refractivity (Wildman–Crippen MR) is 60.4 cm³/mol. The molecule has 2 aromatic heterocycles. The average molecular weight is 283 g/mol. The normalized spacial score (nSPS) is 10.3. The minimum atomic E-state index is -1.10. The first-order chi connectivity index (χ1) is 7.58. The van der Waals surface area contributed by atoms with Crippen molar-refractivity contribution >= 4 is 27.6 Å². The molecule has 82 valence electrons. The van der Waals surface area contributed by atoms with Crippen molar-refractivity contribution in [3.63, 3.8) is 0 Å². The summed E-state index contributed by atoms with van der Waals surface area (Å²) in [7, 11) is 0. The monoisotopic (exact) mass is 282 g/mol. The van der Waals surface area contributed by atoms with Gasteiger partial charge < -0.3 is 10.8 Å². The van der Waals surface area contributed by atoms with E-state index >= 15 is 0 Å². The fourth-order valence-corrected chi connectivity index (χ4v) is 1.52. The molecule has 0 atom stereocenters. The maximum atomic E-state index is 11.0. The van der Waals surface area contributed by atoms with Crippen LogP contribution in [0.5, 0.6) is 0 Å². The van der Waals surface area contributed by atoms with Crippen molar-refractivity contribution < 1.29 is 9.90 Å². The number of aromatic carboxylic acids is 1. The van der Waals surface area contributed by atoms with Crippen molar-refractivity contribution in [3.8, 4) is 5.82 Å². The molecular weight excluding hydrogens is 276 g/mol. The number of carboxylic acid groups (broad SMARTS) is 1. The van der Waals surface area contributed by atoms with E-state index in [1.165, 1.54) is 16.9 Å². The highest BCUT2D eigenvalue weighted by Crippen LogP contribution is 2.16. The molecule has 0 aromatic carbocycles. The maximum absolute atomic E-state index is 11.0. The Morgan fingerprint density at radius 1 is 1.50 bits per heavy atom. The summed E-state index contributed by atoms with van der Waals surface area (Å²) in [4.78, 5) is 15.0. The van der Waals surface area contributed by atoms with Crippen molar-refractivity contribution in [2.45, 2.75) is 0 Å². The van der Waals surface area contributed by atoms with Crippen LogP contribution in [0.25, 0.3) is 5.82 Å². The first-order valence-electron chi connectivity index (χ1n) is 4.27. The van der Waals surface area contributed by atoms with Crippen molar-refractivity contribution in [1.29, 1.82) is 0 Å². The molecule has 2 heterocycles. The Morgan fingerprint density at radius 3 is 2.81 bits per heavy atom. The lowest BCUT2D eigenvalue weighted by molar-refractivity contribution is 0.0696. The number of halogens is 1. The van der Waals surface area contributed by atoms with E-state index < -0.39 is 5.97 Å². The van der Waals surface area contributed by atoms with E-state index in [9.17, 15) is 4.79 Å². The van der Waals surface area contributed by atoms with Crippen molar-refractivity contribution in [2.24, 2.45) is 0 Å². The van der Waals surface area contributed by atoms with E-state index in [2.05, 4.69) is 26.0 Å². The number of hydrogen-bond acceptors (Lipinski definition) is 4. The number of pyridine rings is 1. The summed E-state index contributed by atoms with van der Waals surface area (Å²) in [5, 5.41) is 13.0. The molecule has 6 nitrogen and oxygen atoms in total. The van der Waals surface area contributed by atoms with Gasteiger partial charge in [0, 0.05) is 6.20 Å². The van der Waals surface area contributed by atoms with Gasteiger partial charge in [-0.1, -0.05) is 0 Å². The van der Waals surface area contributed by atoms with Gasteiger partial charge in [-0.2, -0.15) is 5.10 Å². The number of carbonyl (C=O) groups is 1. The van der Waals surface area contributed by atoms with Gasteiger partial charge in [0.2, 0.25) is 0 Å². The zero-order chi connectivity index (χ0) is 11.7. The second kappa shape index (κ2) is 3.93. The van der Waals surface area contributed by atoms with Crippen LogP contribution in [0.4, 0.5) is 5.69 Å². The van der Waals surface area contributed by atoms with Crippen molar-refractivity contribution in [3.05, 3.63) is 34.7 Å². The Labute approximate surface area is 98.8 Å². The van der Waals surface area contributed by atoms with E-state index in [0.717, 1.165) is 4.47 Å². The number of nitrogens with two attached hydrogens (primary N) is 1. The van der Waals surface area contributed by atoms with Crippen molar-refractivity contribution in [1.82, 2.24) is 14.8 Å². The van der Waals surface area contributed by atoms with E-state index in [4.69, 9.17) is 10.8 Å². The number of anilines is 1. The third-order valence-corrected chi connectivity index (χ3v) is 2.30. The maximum Gasteiger partial charge on any atom is 0.339 e. The topological polar surface area (TPSA) is 94.0 Å². The molecule has 0 aliphatic carbocycles. The smallest absolute Gasteiger partial charge is 0.339 e. The van der Waals surface area contributed by atoms with E-state index in [-0.39, 0.29) is 11.4 Å². The van der Waals surface area contributed by atoms with Crippen LogP contribution in [-0.4, -0.2) is 25.8 Å². The van der Waals surface area contributed by atoms with Gasteiger partial charge in [-0.3, -0.25) is 0 Å². The molecule has 2 rings (SSSR count). The number of carboxylic acids is 1. The van der Waals surface area contributed by atoms with Gasteiger partial charge in [0.05, 0.1) is 22.6 Å². The Bertz CT molecular complexity index is 552. The Kier molecular flexibility index (Phi) is 2.61. The molecule has 0 unspecified atom stereocenters. The fraction of sp³-hybridized carbons (Fsp3) is 0. The zero-order valence-electron chi connectivity index (χ0n) is 7.96. The SMILES string of the molecule is Nc1cnc(-n2cc(Br)cn2)c(C(=O)O)c1. The molecule has 16 heavy (non-hydrogen) atoms. The summed E-state index contributed by atoms with van der Waals surface area (Å²) in [5.74, 6) is -0.867. The standard InChI is InChI=1S/C9H7BrN4O2/c10-5-2-13-14(4-5)8-7(9(15)16)1-6(11)3-12-8/h1-4H,11H2,(H,15,16). The Morgan fingerprint density at radius 2 is 2.25 bits per heavy atom. The van der Waals surface area contributed by atoms with Gasteiger partial charge in [-0.15, -0.1) is 0 Å². The van der Waals surface area contributed by atoms with E-state index in [1.807, 2.05) is 0 Å². The molecule has 0 amide bonds. The fourth-order valence-electron chi connectivity index (χ4n) is 1.23. The van der Waals surface area contributed by atoms with Crippen LogP contribution in [0.1, 0.15) is 10.4 Å². The van der Waals surface area contributed by atoms with Gasteiger partial charge in [0.25, 0.3) is 0 Å². The van der Waals surface area contributed by atoms with Gasteiger partial charge in [-0.25, -0.2) is 14.5 Å². The average Bonchev–Trinajstić information content (AvgIpc) is 2.64. The molecule has 0 aliphatic rings.